The Morgan fingerprint density at radius 2 is 1.36 bits per heavy atom. The normalized spacial score (nSPS) is 14.8. The maximum Gasteiger partial charge on any atom is 0.326 e. The molecular weight excluding hydrogens is 618 g/mol. The van der Waals surface area contributed by atoms with E-state index < -0.39 is 96.7 Å². The molecule has 0 saturated carbocycles. The number of unbranched alkanes of at least 4 members (excludes halogenated alkanes) is 1. The number of hydrogen-bond donors (Lipinski definition) is 10. The summed E-state index contributed by atoms with van der Waals surface area (Å²) in [6, 6.07) is 1.81. The summed E-state index contributed by atoms with van der Waals surface area (Å²) < 4.78 is 0. The Morgan fingerprint density at radius 3 is 1.89 bits per heavy atom. The Balaban J connectivity index is 3.07. The van der Waals surface area contributed by atoms with E-state index in [0.717, 1.165) is 0 Å². The van der Waals surface area contributed by atoms with E-state index in [2.05, 4.69) is 26.6 Å². The van der Waals surface area contributed by atoms with Gasteiger partial charge in [0.05, 0.1) is 25.1 Å². The van der Waals surface area contributed by atoms with Gasteiger partial charge in [-0.2, -0.15) is 0 Å². The molecule has 0 aromatic heterocycles. The fourth-order valence-electron chi connectivity index (χ4n) is 4.33. The van der Waals surface area contributed by atoms with E-state index in [0.29, 0.717) is 24.9 Å². The number of rotatable bonds is 21. The molecule has 17 nitrogen and oxygen atoms in total. The van der Waals surface area contributed by atoms with Crippen LogP contribution in [0.1, 0.15) is 52.0 Å². The number of hydrogen-bond acceptors (Lipinski definition) is 10. The first-order valence-electron chi connectivity index (χ1n) is 15.2. The van der Waals surface area contributed by atoms with Gasteiger partial charge in [0.2, 0.25) is 29.5 Å². The third-order valence-electron chi connectivity index (χ3n) is 6.96. The molecule has 6 atom stereocenters. The van der Waals surface area contributed by atoms with Gasteiger partial charge < -0.3 is 53.4 Å². The van der Waals surface area contributed by atoms with Crippen molar-refractivity contribution in [3.05, 3.63) is 35.9 Å². The number of aliphatic hydroxyl groups is 1. The molecule has 0 saturated heterocycles. The molecule has 0 bridgehead atoms. The molecule has 0 radical (unpaired) electrons. The zero-order valence-corrected chi connectivity index (χ0v) is 26.7. The van der Waals surface area contributed by atoms with E-state index in [1.54, 1.807) is 44.2 Å². The van der Waals surface area contributed by atoms with Gasteiger partial charge in [0.25, 0.3) is 0 Å². The maximum atomic E-state index is 13.4. The van der Waals surface area contributed by atoms with Gasteiger partial charge in [0.15, 0.2) is 0 Å². The molecular formula is C30H47N7O10. The van der Waals surface area contributed by atoms with E-state index in [4.69, 9.17) is 16.6 Å². The summed E-state index contributed by atoms with van der Waals surface area (Å²) in [7, 11) is 0. The number of aliphatic carboxylic acids is 2. The van der Waals surface area contributed by atoms with Gasteiger partial charge in [-0.3, -0.25) is 28.8 Å². The van der Waals surface area contributed by atoms with E-state index in [-0.39, 0.29) is 12.8 Å². The minimum atomic E-state index is -1.60. The van der Waals surface area contributed by atoms with Crippen molar-refractivity contribution in [1.29, 1.82) is 0 Å². The lowest BCUT2D eigenvalue weighted by molar-refractivity contribution is -0.142. The lowest BCUT2D eigenvalue weighted by Crippen LogP contribution is -2.61. The van der Waals surface area contributed by atoms with Crippen molar-refractivity contribution in [3.8, 4) is 0 Å². The second-order valence-electron chi connectivity index (χ2n) is 11.4. The summed E-state index contributed by atoms with van der Waals surface area (Å²) in [5, 5.41) is 40.7. The Morgan fingerprint density at radius 1 is 0.766 bits per heavy atom. The van der Waals surface area contributed by atoms with Gasteiger partial charge in [-0.1, -0.05) is 44.2 Å². The van der Waals surface area contributed by atoms with Crippen molar-refractivity contribution in [1.82, 2.24) is 26.6 Å². The first-order valence-corrected chi connectivity index (χ1v) is 15.2. The maximum absolute atomic E-state index is 13.4. The number of amides is 5. The number of nitrogens with one attached hydrogen (secondary N) is 5. The van der Waals surface area contributed by atoms with E-state index >= 15 is 0 Å². The Hall–Kier alpha value is -4.61. The highest BCUT2D eigenvalue weighted by Crippen LogP contribution is 2.08. The van der Waals surface area contributed by atoms with Crippen LogP contribution in [-0.2, 0) is 40.0 Å². The average molecular weight is 666 g/mol. The number of carboxylic acids is 2. The summed E-state index contributed by atoms with van der Waals surface area (Å²) >= 11 is 0. The van der Waals surface area contributed by atoms with Gasteiger partial charge in [0, 0.05) is 6.42 Å². The lowest BCUT2D eigenvalue weighted by atomic mass is 10.0. The number of nitrogens with two attached hydrogens (primary N) is 2. The molecule has 1 aromatic rings. The van der Waals surface area contributed by atoms with Crippen LogP contribution in [0.25, 0.3) is 0 Å². The second-order valence-corrected chi connectivity index (χ2v) is 11.4. The highest BCUT2D eigenvalue weighted by Gasteiger charge is 2.34. The molecule has 1 aromatic carbocycles. The molecule has 12 N–H and O–H groups in total. The number of carbonyl (C=O) groups is 7. The fraction of sp³-hybridized carbons (Fsp3) is 0.567. The van der Waals surface area contributed by atoms with Crippen molar-refractivity contribution in [2.45, 2.75) is 89.2 Å². The smallest absolute Gasteiger partial charge is 0.326 e. The van der Waals surface area contributed by atoms with Crippen molar-refractivity contribution in [2.24, 2.45) is 17.4 Å². The molecule has 5 amide bonds. The highest BCUT2D eigenvalue weighted by molar-refractivity contribution is 5.96. The molecule has 0 aliphatic rings. The third-order valence-corrected chi connectivity index (χ3v) is 6.96. The quantitative estimate of drug-likeness (QED) is 0.0602. The Bertz CT molecular complexity index is 1230. The van der Waals surface area contributed by atoms with E-state index in [1.165, 1.54) is 6.92 Å². The number of aliphatic hydroxyl groups excluding tert-OH is 1. The SMILES string of the molecule is CC(C)[C@H](NC(=O)CNC(=O)[C@@H](N)CC(=O)O)C(=O)N[C@H](C(=O)N[C@@H](Cc1ccccc1)C(=O)N[C@@H](CCCCN)C(=O)O)[C@@H](C)O. The molecule has 0 unspecified atom stereocenters. The van der Waals surface area contributed by atoms with Crippen LogP contribution in [0.2, 0.25) is 0 Å². The zero-order chi connectivity index (χ0) is 35.7. The second kappa shape index (κ2) is 20.5. The minimum absolute atomic E-state index is 0.0411. The molecule has 0 heterocycles. The molecule has 0 fully saturated rings. The van der Waals surface area contributed by atoms with E-state index in [1.807, 2.05) is 0 Å². The molecule has 0 spiro atoms. The van der Waals surface area contributed by atoms with Crippen molar-refractivity contribution >= 4 is 41.5 Å². The number of benzene rings is 1. The summed E-state index contributed by atoms with van der Waals surface area (Å²) in [6.07, 6.45) is -1.07. The highest BCUT2D eigenvalue weighted by atomic mass is 16.4. The molecule has 0 aliphatic heterocycles. The predicted octanol–water partition coefficient (Wildman–Crippen LogP) is -2.66. The predicted molar refractivity (Wildman–Crippen MR) is 168 cm³/mol. The van der Waals surface area contributed by atoms with Crippen LogP contribution in [0, 0.1) is 5.92 Å². The van der Waals surface area contributed by atoms with Crippen LogP contribution >= 0.6 is 0 Å². The first kappa shape index (κ1) is 40.4. The molecule has 1 rings (SSSR count). The molecule has 47 heavy (non-hydrogen) atoms. The van der Waals surface area contributed by atoms with Gasteiger partial charge in [-0.05, 0) is 44.2 Å². The summed E-state index contributed by atoms with van der Waals surface area (Å²) in [6.45, 7) is 4.14. The third kappa shape index (κ3) is 15.0. The molecule has 17 heteroatoms. The standard InChI is InChI=1S/C30H47N7O10/c1-16(2)24(36-22(39)15-33-26(42)19(32)14-23(40)41)28(44)37-25(17(3)38)29(45)35-21(13-18-9-5-4-6-10-18)27(43)34-20(30(46)47)11-7-8-12-31/h4-6,9-10,16-17,19-21,24-25,38H,7-8,11-15,31-32H2,1-3H3,(H,33,42)(H,34,43)(H,35,45)(H,36,39)(H,37,44)(H,40,41)(H,46,47)/t17-,19+,20+,21+,24+,25+/m1/s1. The first-order chi connectivity index (χ1) is 22.1. The largest absolute Gasteiger partial charge is 0.481 e. The van der Waals surface area contributed by atoms with Crippen molar-refractivity contribution in [2.75, 3.05) is 13.1 Å². The van der Waals surface area contributed by atoms with Crippen LogP contribution in [-0.4, -0.2) is 106 Å². The fourth-order valence-corrected chi connectivity index (χ4v) is 4.33. The monoisotopic (exact) mass is 665 g/mol. The van der Waals surface area contributed by atoms with Crippen LogP contribution in [0.15, 0.2) is 30.3 Å². The molecule has 0 aliphatic carbocycles. The van der Waals surface area contributed by atoms with Crippen LogP contribution in [0.5, 0.6) is 0 Å². The van der Waals surface area contributed by atoms with Crippen molar-refractivity contribution in [3.63, 3.8) is 0 Å². The number of carboxylic acid groups (broad SMARTS) is 2. The lowest BCUT2D eigenvalue weighted by Gasteiger charge is -2.28. The van der Waals surface area contributed by atoms with Gasteiger partial charge in [-0.15, -0.1) is 0 Å². The van der Waals surface area contributed by atoms with Crippen LogP contribution < -0.4 is 38.1 Å². The topological polar surface area (TPSA) is 292 Å². The summed E-state index contributed by atoms with van der Waals surface area (Å²) in [4.78, 5) is 86.9. The van der Waals surface area contributed by atoms with Gasteiger partial charge in [-0.25, -0.2) is 4.79 Å². The van der Waals surface area contributed by atoms with Crippen LogP contribution in [0.3, 0.4) is 0 Å². The zero-order valence-electron chi connectivity index (χ0n) is 26.7. The summed E-state index contributed by atoms with van der Waals surface area (Å²) in [5.41, 5.74) is 11.6. The molecule has 262 valence electrons. The van der Waals surface area contributed by atoms with Gasteiger partial charge in [0.1, 0.15) is 24.2 Å². The average Bonchev–Trinajstić information content (AvgIpc) is 2.99. The Labute approximate surface area is 272 Å². The van der Waals surface area contributed by atoms with Crippen LogP contribution in [0.4, 0.5) is 0 Å². The minimum Gasteiger partial charge on any atom is -0.481 e. The number of carbonyl (C=O) groups excluding carboxylic acids is 5. The van der Waals surface area contributed by atoms with Crippen molar-refractivity contribution < 1.29 is 48.9 Å². The Kier molecular flexibility index (Phi) is 17.6. The summed E-state index contributed by atoms with van der Waals surface area (Å²) in [5.74, 6) is -7.42. The van der Waals surface area contributed by atoms with Gasteiger partial charge >= 0.3 is 11.9 Å². The van der Waals surface area contributed by atoms with E-state index in [9.17, 15) is 43.8 Å².